The van der Waals surface area contributed by atoms with Gasteiger partial charge in [0.1, 0.15) is 11.4 Å². The van der Waals surface area contributed by atoms with Crippen molar-refractivity contribution in [2.24, 2.45) is 0 Å². The van der Waals surface area contributed by atoms with Crippen LogP contribution in [-0.2, 0) is 9.59 Å². The van der Waals surface area contributed by atoms with E-state index in [4.69, 9.17) is 16.3 Å². The topological polar surface area (TPSA) is 58.6 Å². The number of hydrogen-bond acceptors (Lipinski definition) is 4. The van der Waals surface area contributed by atoms with E-state index in [1.54, 1.807) is 30.3 Å². The summed E-state index contributed by atoms with van der Waals surface area (Å²) >= 11 is 6.26. The predicted molar refractivity (Wildman–Crippen MR) is 123 cm³/mol. The Morgan fingerprint density at radius 2 is 1.65 bits per heavy atom. The average Bonchev–Trinajstić information content (AvgIpc) is 3.00. The van der Waals surface area contributed by atoms with Crippen molar-refractivity contribution in [3.8, 4) is 5.75 Å². The lowest BCUT2D eigenvalue weighted by molar-refractivity contribution is -0.120. The zero-order valence-electron chi connectivity index (χ0n) is 17.4. The Balaban J connectivity index is 1.85. The Hall–Kier alpha value is -3.57. The third kappa shape index (κ3) is 3.80. The van der Waals surface area contributed by atoms with Crippen molar-refractivity contribution in [3.05, 3.63) is 94.1 Å². The van der Waals surface area contributed by atoms with Gasteiger partial charge in [-0.3, -0.25) is 9.59 Å². The zero-order chi connectivity index (χ0) is 22.1. The molecule has 0 saturated carbocycles. The number of imide groups is 1. The van der Waals surface area contributed by atoms with Crippen molar-refractivity contribution in [1.82, 2.24) is 0 Å². The fourth-order valence-corrected chi connectivity index (χ4v) is 3.71. The Labute approximate surface area is 185 Å². The maximum Gasteiger partial charge on any atom is 0.282 e. The molecule has 4 rings (SSSR count). The molecule has 1 heterocycles. The van der Waals surface area contributed by atoms with Gasteiger partial charge in [0.25, 0.3) is 11.8 Å². The van der Waals surface area contributed by atoms with Crippen molar-refractivity contribution in [2.75, 3.05) is 17.3 Å². The van der Waals surface area contributed by atoms with Gasteiger partial charge in [0.2, 0.25) is 0 Å². The van der Waals surface area contributed by atoms with E-state index in [1.165, 1.54) is 7.11 Å². The molecule has 31 heavy (non-hydrogen) atoms. The molecule has 1 aliphatic heterocycles. The zero-order valence-corrected chi connectivity index (χ0v) is 18.2. The van der Waals surface area contributed by atoms with Gasteiger partial charge in [-0.05, 0) is 54.8 Å². The van der Waals surface area contributed by atoms with Crippen LogP contribution < -0.4 is 15.0 Å². The monoisotopic (exact) mass is 432 g/mol. The molecule has 1 N–H and O–H groups in total. The number of carbonyl (C=O) groups is 2. The summed E-state index contributed by atoms with van der Waals surface area (Å²) in [5.74, 6) is -0.426. The molecule has 0 fully saturated rings. The predicted octanol–water partition coefficient (Wildman–Crippen LogP) is 5.36. The maximum atomic E-state index is 13.5. The normalized spacial score (nSPS) is 13.7. The fourth-order valence-electron chi connectivity index (χ4n) is 3.53. The van der Waals surface area contributed by atoms with Gasteiger partial charge in [-0.15, -0.1) is 0 Å². The van der Waals surface area contributed by atoms with Gasteiger partial charge in [-0.1, -0.05) is 54.1 Å². The summed E-state index contributed by atoms with van der Waals surface area (Å²) in [5.41, 5.74) is 4.00. The summed E-state index contributed by atoms with van der Waals surface area (Å²) in [6.07, 6.45) is 0. The molecule has 0 bridgehead atoms. The van der Waals surface area contributed by atoms with Gasteiger partial charge >= 0.3 is 0 Å². The van der Waals surface area contributed by atoms with E-state index in [0.717, 1.165) is 16.0 Å². The molecule has 1 aliphatic rings. The Morgan fingerprint density at radius 3 is 2.32 bits per heavy atom. The lowest BCUT2D eigenvalue weighted by Gasteiger charge is -2.19. The molecule has 0 radical (unpaired) electrons. The summed E-state index contributed by atoms with van der Waals surface area (Å²) in [6.45, 7) is 3.80. The smallest absolute Gasteiger partial charge is 0.282 e. The van der Waals surface area contributed by atoms with Crippen molar-refractivity contribution < 1.29 is 14.3 Å². The molecule has 6 heteroatoms. The first-order valence-electron chi connectivity index (χ1n) is 9.77. The number of ether oxygens (including phenoxy) is 1. The molecule has 0 aromatic heterocycles. The highest BCUT2D eigenvalue weighted by atomic mass is 35.5. The first-order chi connectivity index (χ1) is 14.9. The summed E-state index contributed by atoms with van der Waals surface area (Å²) in [4.78, 5) is 28.2. The van der Waals surface area contributed by atoms with E-state index >= 15 is 0 Å². The number of carbonyl (C=O) groups excluding carboxylic acids is 2. The molecule has 156 valence electrons. The Morgan fingerprint density at radius 1 is 0.903 bits per heavy atom. The number of amides is 2. The van der Waals surface area contributed by atoms with Gasteiger partial charge in [0, 0.05) is 10.7 Å². The van der Waals surface area contributed by atoms with E-state index < -0.39 is 11.8 Å². The lowest BCUT2D eigenvalue weighted by atomic mass is 10.0. The van der Waals surface area contributed by atoms with Crippen LogP contribution in [0.3, 0.4) is 0 Å². The summed E-state index contributed by atoms with van der Waals surface area (Å²) in [5, 5.41) is 3.70. The fraction of sp³-hybridized carbons (Fsp3) is 0.120. The summed E-state index contributed by atoms with van der Waals surface area (Å²) in [6, 6.07) is 19.9. The molecule has 0 unspecified atom stereocenters. The molecule has 2 amide bonds. The molecule has 3 aromatic carbocycles. The van der Waals surface area contributed by atoms with Crippen LogP contribution in [-0.4, -0.2) is 18.9 Å². The summed E-state index contributed by atoms with van der Waals surface area (Å²) in [7, 11) is 1.51. The number of nitrogens with zero attached hydrogens (tertiary/aromatic N) is 1. The molecule has 3 aromatic rings. The number of methoxy groups -OCH3 is 1. The average molecular weight is 433 g/mol. The van der Waals surface area contributed by atoms with Crippen LogP contribution in [0.4, 0.5) is 11.4 Å². The van der Waals surface area contributed by atoms with Crippen LogP contribution >= 0.6 is 11.6 Å². The third-order valence-electron chi connectivity index (χ3n) is 5.16. The SMILES string of the molecule is COc1ccc(C)cc1N1C(=O)C(Nc2ccc(C)c(Cl)c2)=C(c2ccccc2)C1=O. The molecule has 0 saturated heterocycles. The van der Waals surface area contributed by atoms with Crippen LogP contribution in [0.15, 0.2) is 72.4 Å². The minimum Gasteiger partial charge on any atom is -0.495 e. The molecule has 0 spiro atoms. The molecule has 5 nitrogen and oxygen atoms in total. The number of nitrogens with one attached hydrogen (secondary N) is 1. The van der Waals surface area contributed by atoms with E-state index in [1.807, 2.05) is 50.2 Å². The third-order valence-corrected chi connectivity index (χ3v) is 5.57. The molecule has 0 aliphatic carbocycles. The van der Waals surface area contributed by atoms with Crippen LogP contribution in [0.2, 0.25) is 5.02 Å². The number of anilines is 2. The summed E-state index contributed by atoms with van der Waals surface area (Å²) < 4.78 is 5.43. The number of hydrogen-bond donors (Lipinski definition) is 1. The first-order valence-corrected chi connectivity index (χ1v) is 10.1. The van der Waals surface area contributed by atoms with E-state index in [2.05, 4.69) is 5.32 Å². The van der Waals surface area contributed by atoms with E-state index in [-0.39, 0.29) is 5.70 Å². The van der Waals surface area contributed by atoms with E-state index in [0.29, 0.717) is 33.3 Å². The number of halogens is 1. The Kier molecular flexibility index (Phi) is 5.53. The van der Waals surface area contributed by atoms with Gasteiger partial charge < -0.3 is 10.1 Å². The largest absolute Gasteiger partial charge is 0.495 e. The minimum atomic E-state index is -0.454. The van der Waals surface area contributed by atoms with Crippen LogP contribution in [0.5, 0.6) is 5.75 Å². The lowest BCUT2D eigenvalue weighted by Crippen LogP contribution is -2.32. The Bertz CT molecular complexity index is 1220. The van der Waals surface area contributed by atoms with E-state index in [9.17, 15) is 9.59 Å². The second kappa shape index (κ2) is 8.28. The van der Waals surface area contributed by atoms with Gasteiger partial charge in [0.15, 0.2) is 0 Å². The number of benzene rings is 3. The molecule has 0 atom stereocenters. The number of aryl methyl sites for hydroxylation is 2. The highest BCUT2D eigenvalue weighted by molar-refractivity contribution is 6.46. The van der Waals surface area contributed by atoms with Crippen LogP contribution in [0, 0.1) is 13.8 Å². The first kappa shape index (κ1) is 20.7. The molecular weight excluding hydrogens is 412 g/mol. The highest BCUT2D eigenvalue weighted by Gasteiger charge is 2.41. The maximum absolute atomic E-state index is 13.5. The standard InChI is InChI=1S/C25H21ClN2O3/c1-15-9-12-21(31-3)20(13-15)28-24(29)22(17-7-5-4-6-8-17)23(25(28)30)27-18-11-10-16(2)19(26)14-18/h4-14,27H,1-3H3. The van der Waals surface area contributed by atoms with Crippen molar-refractivity contribution >= 4 is 40.4 Å². The molecular formula is C25H21ClN2O3. The van der Waals surface area contributed by atoms with Crippen LogP contribution in [0.1, 0.15) is 16.7 Å². The highest BCUT2D eigenvalue weighted by Crippen LogP contribution is 2.38. The van der Waals surface area contributed by atoms with Gasteiger partial charge in [0.05, 0.1) is 18.4 Å². The second-order valence-electron chi connectivity index (χ2n) is 7.33. The van der Waals surface area contributed by atoms with Gasteiger partial charge in [-0.25, -0.2) is 4.90 Å². The van der Waals surface area contributed by atoms with Crippen molar-refractivity contribution in [1.29, 1.82) is 0 Å². The quantitative estimate of drug-likeness (QED) is 0.551. The van der Waals surface area contributed by atoms with Crippen LogP contribution in [0.25, 0.3) is 5.57 Å². The number of rotatable bonds is 5. The van der Waals surface area contributed by atoms with Gasteiger partial charge in [-0.2, -0.15) is 0 Å². The second-order valence-corrected chi connectivity index (χ2v) is 7.73. The van der Waals surface area contributed by atoms with Crippen molar-refractivity contribution in [2.45, 2.75) is 13.8 Å². The van der Waals surface area contributed by atoms with Crippen molar-refractivity contribution in [3.63, 3.8) is 0 Å². The minimum absolute atomic E-state index is 0.194.